The van der Waals surface area contributed by atoms with Crippen molar-refractivity contribution in [2.75, 3.05) is 59.4 Å². The standard InChI is InChI=1S/C18H31NO7/c1-5-16(20)19-7-9-23-11-13-25-15-14-24-12-10-22-8-6-17(21)26-18(2,3)4/h1H,6-15H2,2-4H3,(H,19,20). The van der Waals surface area contributed by atoms with Crippen LogP contribution in [0.5, 0.6) is 0 Å². The molecule has 1 amide bonds. The van der Waals surface area contributed by atoms with Gasteiger partial charge in [-0.3, -0.25) is 9.59 Å². The van der Waals surface area contributed by atoms with Gasteiger partial charge >= 0.3 is 5.97 Å². The Morgan fingerprint density at radius 1 is 0.846 bits per heavy atom. The minimum absolute atomic E-state index is 0.229. The highest BCUT2D eigenvalue weighted by Gasteiger charge is 2.15. The van der Waals surface area contributed by atoms with Gasteiger partial charge in [0.1, 0.15) is 5.60 Å². The summed E-state index contributed by atoms with van der Waals surface area (Å²) in [6, 6.07) is 0. The summed E-state index contributed by atoms with van der Waals surface area (Å²) in [5.74, 6) is 1.23. The molecule has 0 saturated carbocycles. The first-order valence-corrected chi connectivity index (χ1v) is 8.62. The number of carbonyl (C=O) groups excluding carboxylic acids is 2. The average Bonchev–Trinajstić information content (AvgIpc) is 2.56. The zero-order valence-corrected chi connectivity index (χ0v) is 16.0. The molecule has 0 rings (SSSR count). The maximum absolute atomic E-state index is 11.4. The maximum atomic E-state index is 11.4. The molecule has 0 unspecified atom stereocenters. The molecule has 0 fully saturated rings. The first kappa shape index (κ1) is 24.3. The quantitative estimate of drug-likeness (QED) is 0.254. The first-order chi connectivity index (χ1) is 12.3. The van der Waals surface area contributed by atoms with E-state index in [1.807, 2.05) is 26.7 Å². The molecule has 0 saturated heterocycles. The van der Waals surface area contributed by atoms with Crippen LogP contribution in [0.3, 0.4) is 0 Å². The maximum Gasteiger partial charge on any atom is 0.308 e. The molecule has 8 heteroatoms. The highest BCUT2D eigenvalue weighted by molar-refractivity contribution is 5.92. The van der Waals surface area contributed by atoms with E-state index in [1.165, 1.54) is 0 Å². The Morgan fingerprint density at radius 2 is 1.31 bits per heavy atom. The van der Waals surface area contributed by atoms with Crippen LogP contribution in [0.2, 0.25) is 0 Å². The lowest BCUT2D eigenvalue weighted by Gasteiger charge is -2.19. The number of terminal acetylenes is 1. The van der Waals surface area contributed by atoms with E-state index in [9.17, 15) is 9.59 Å². The van der Waals surface area contributed by atoms with Crippen molar-refractivity contribution in [3.8, 4) is 12.3 Å². The number of rotatable bonds is 15. The predicted molar refractivity (Wildman–Crippen MR) is 95.6 cm³/mol. The number of esters is 1. The highest BCUT2D eigenvalue weighted by Crippen LogP contribution is 2.07. The molecule has 0 aromatic carbocycles. The van der Waals surface area contributed by atoms with Gasteiger partial charge in [-0.15, -0.1) is 6.42 Å². The van der Waals surface area contributed by atoms with Gasteiger partial charge in [0.25, 0.3) is 5.91 Å². The van der Waals surface area contributed by atoms with Crippen LogP contribution in [-0.4, -0.2) is 76.9 Å². The van der Waals surface area contributed by atoms with E-state index < -0.39 is 11.5 Å². The Kier molecular flexibility index (Phi) is 14.6. The molecule has 0 spiro atoms. The lowest BCUT2D eigenvalue weighted by molar-refractivity contribution is -0.156. The summed E-state index contributed by atoms with van der Waals surface area (Å²) in [6.45, 7) is 9.18. The second-order valence-corrected chi connectivity index (χ2v) is 6.19. The van der Waals surface area contributed by atoms with Gasteiger partial charge in [-0.1, -0.05) is 0 Å². The van der Waals surface area contributed by atoms with E-state index in [4.69, 9.17) is 30.1 Å². The van der Waals surface area contributed by atoms with Gasteiger partial charge in [0, 0.05) is 6.54 Å². The topological polar surface area (TPSA) is 92.3 Å². The van der Waals surface area contributed by atoms with Crippen LogP contribution in [0.25, 0.3) is 0 Å². The molecule has 8 nitrogen and oxygen atoms in total. The van der Waals surface area contributed by atoms with Gasteiger partial charge in [-0.2, -0.15) is 0 Å². The third-order valence-corrected chi connectivity index (χ3v) is 2.65. The monoisotopic (exact) mass is 373 g/mol. The van der Waals surface area contributed by atoms with Gasteiger partial charge in [-0.25, -0.2) is 0 Å². The van der Waals surface area contributed by atoms with E-state index in [-0.39, 0.29) is 12.4 Å². The third kappa shape index (κ3) is 18.7. The number of nitrogens with one attached hydrogen (secondary N) is 1. The molecule has 0 aromatic heterocycles. The van der Waals surface area contributed by atoms with E-state index in [1.54, 1.807) is 0 Å². The van der Waals surface area contributed by atoms with Crippen LogP contribution in [0.15, 0.2) is 0 Å². The van der Waals surface area contributed by atoms with Crippen molar-refractivity contribution in [1.82, 2.24) is 5.32 Å². The number of hydrogen-bond donors (Lipinski definition) is 1. The lowest BCUT2D eigenvalue weighted by Crippen LogP contribution is -2.26. The van der Waals surface area contributed by atoms with E-state index in [0.29, 0.717) is 59.4 Å². The minimum atomic E-state index is -0.469. The highest BCUT2D eigenvalue weighted by atomic mass is 16.6. The number of amides is 1. The van der Waals surface area contributed by atoms with Crippen LogP contribution in [0.4, 0.5) is 0 Å². The summed E-state index contributed by atoms with van der Waals surface area (Å²) in [4.78, 5) is 22.2. The zero-order valence-electron chi connectivity index (χ0n) is 16.0. The fourth-order valence-electron chi connectivity index (χ4n) is 1.60. The van der Waals surface area contributed by atoms with Crippen molar-refractivity contribution in [2.45, 2.75) is 32.8 Å². The molecule has 0 aromatic rings. The molecular weight excluding hydrogens is 342 g/mol. The first-order valence-electron chi connectivity index (χ1n) is 8.62. The predicted octanol–water partition coefficient (Wildman–Crippen LogP) is 0.534. The molecule has 26 heavy (non-hydrogen) atoms. The summed E-state index contributed by atoms with van der Waals surface area (Å²) >= 11 is 0. The Morgan fingerprint density at radius 3 is 1.77 bits per heavy atom. The third-order valence-electron chi connectivity index (χ3n) is 2.65. The van der Waals surface area contributed by atoms with Crippen LogP contribution in [-0.2, 0) is 33.3 Å². The lowest BCUT2D eigenvalue weighted by atomic mass is 10.2. The smallest absolute Gasteiger partial charge is 0.308 e. The van der Waals surface area contributed by atoms with E-state index >= 15 is 0 Å². The Hall–Kier alpha value is -1.66. The number of ether oxygens (including phenoxy) is 5. The molecule has 0 heterocycles. The number of carbonyl (C=O) groups is 2. The molecule has 0 aliphatic carbocycles. The van der Waals surface area contributed by atoms with Crippen molar-refractivity contribution in [3.05, 3.63) is 0 Å². The van der Waals surface area contributed by atoms with Crippen LogP contribution >= 0.6 is 0 Å². The fraction of sp³-hybridized carbons (Fsp3) is 0.778. The largest absolute Gasteiger partial charge is 0.460 e. The molecule has 0 bridgehead atoms. The molecule has 150 valence electrons. The SMILES string of the molecule is C#CC(=O)NCCOCCOCCOCCOCCC(=O)OC(C)(C)C. The van der Waals surface area contributed by atoms with Gasteiger partial charge in [0.15, 0.2) is 0 Å². The summed E-state index contributed by atoms with van der Waals surface area (Å²) in [6.07, 6.45) is 5.13. The summed E-state index contributed by atoms with van der Waals surface area (Å²) < 4.78 is 26.4. The molecule has 0 aliphatic heterocycles. The summed E-state index contributed by atoms with van der Waals surface area (Å²) in [5, 5.41) is 2.49. The Labute approximate surface area is 155 Å². The van der Waals surface area contributed by atoms with E-state index in [2.05, 4.69) is 5.32 Å². The van der Waals surface area contributed by atoms with Gasteiger partial charge in [0.05, 0.1) is 59.3 Å². The van der Waals surface area contributed by atoms with Gasteiger partial charge in [0.2, 0.25) is 0 Å². The zero-order chi connectivity index (χ0) is 19.7. The van der Waals surface area contributed by atoms with Gasteiger partial charge < -0.3 is 29.0 Å². The van der Waals surface area contributed by atoms with Crippen LogP contribution < -0.4 is 5.32 Å². The van der Waals surface area contributed by atoms with E-state index in [0.717, 1.165) is 0 Å². The van der Waals surface area contributed by atoms with Gasteiger partial charge in [-0.05, 0) is 26.7 Å². The molecule has 1 N–H and O–H groups in total. The van der Waals surface area contributed by atoms with Crippen LogP contribution in [0.1, 0.15) is 27.2 Å². The molecule has 0 aliphatic rings. The molecule has 0 radical (unpaired) electrons. The fourth-order valence-corrected chi connectivity index (χ4v) is 1.60. The summed E-state index contributed by atoms with van der Waals surface area (Å²) in [5.41, 5.74) is -0.469. The van der Waals surface area contributed by atoms with Crippen LogP contribution in [0, 0.1) is 12.3 Å². The second kappa shape index (κ2) is 15.6. The Balaban J connectivity index is 3.19. The van der Waals surface area contributed by atoms with Crippen molar-refractivity contribution >= 4 is 11.9 Å². The van der Waals surface area contributed by atoms with Crippen molar-refractivity contribution in [3.63, 3.8) is 0 Å². The molecule has 0 atom stereocenters. The minimum Gasteiger partial charge on any atom is -0.460 e. The van der Waals surface area contributed by atoms with Crippen molar-refractivity contribution in [1.29, 1.82) is 0 Å². The van der Waals surface area contributed by atoms with Crippen molar-refractivity contribution < 1.29 is 33.3 Å². The summed E-state index contributed by atoms with van der Waals surface area (Å²) in [7, 11) is 0. The van der Waals surface area contributed by atoms with Crippen molar-refractivity contribution in [2.24, 2.45) is 0 Å². The Bertz CT molecular complexity index is 426. The average molecular weight is 373 g/mol. The number of hydrogen-bond acceptors (Lipinski definition) is 7. The molecular formula is C18H31NO7. The second-order valence-electron chi connectivity index (χ2n) is 6.19. The normalized spacial score (nSPS) is 11.0.